The highest BCUT2D eigenvalue weighted by molar-refractivity contribution is 5.89. The zero-order valence-electron chi connectivity index (χ0n) is 14.7. The SMILES string of the molecule is Cc1ccc(N2CCN(C(=O)Nc3ccc(F)c(F)c3F)CC2)cc1C. The van der Waals surface area contributed by atoms with Crippen molar-refractivity contribution in [3.05, 3.63) is 58.9 Å². The highest BCUT2D eigenvalue weighted by Gasteiger charge is 2.23. The summed E-state index contributed by atoms with van der Waals surface area (Å²) in [6.07, 6.45) is 0. The van der Waals surface area contributed by atoms with Crippen molar-refractivity contribution in [1.29, 1.82) is 0 Å². The second-order valence-electron chi connectivity index (χ2n) is 6.40. The number of hydrogen-bond donors (Lipinski definition) is 1. The van der Waals surface area contributed by atoms with E-state index in [1.807, 2.05) is 0 Å². The van der Waals surface area contributed by atoms with Gasteiger partial charge in [-0.3, -0.25) is 0 Å². The zero-order valence-corrected chi connectivity index (χ0v) is 14.7. The number of anilines is 2. The fraction of sp³-hybridized carbons (Fsp3) is 0.316. The van der Waals surface area contributed by atoms with Gasteiger partial charge in [-0.05, 0) is 49.2 Å². The molecule has 7 heteroatoms. The molecule has 0 unspecified atom stereocenters. The van der Waals surface area contributed by atoms with Crippen molar-refractivity contribution in [2.75, 3.05) is 36.4 Å². The first-order chi connectivity index (χ1) is 12.4. The quantitative estimate of drug-likeness (QED) is 0.817. The number of carbonyl (C=O) groups excluding carboxylic acids is 1. The molecule has 2 aromatic rings. The number of nitrogens with zero attached hydrogens (tertiary/aromatic N) is 2. The monoisotopic (exact) mass is 363 g/mol. The summed E-state index contributed by atoms with van der Waals surface area (Å²) in [5, 5.41) is 2.31. The maximum absolute atomic E-state index is 13.7. The Morgan fingerprint density at radius 2 is 1.62 bits per heavy atom. The lowest BCUT2D eigenvalue weighted by atomic mass is 10.1. The zero-order chi connectivity index (χ0) is 18.8. The Kier molecular flexibility index (Phi) is 5.06. The summed E-state index contributed by atoms with van der Waals surface area (Å²) >= 11 is 0. The van der Waals surface area contributed by atoms with Crippen molar-refractivity contribution in [2.24, 2.45) is 0 Å². The number of aryl methyl sites for hydroxylation is 2. The molecule has 1 aliphatic rings. The number of hydrogen-bond acceptors (Lipinski definition) is 2. The van der Waals surface area contributed by atoms with Crippen LogP contribution in [0, 0.1) is 31.3 Å². The van der Waals surface area contributed by atoms with E-state index in [4.69, 9.17) is 0 Å². The fourth-order valence-electron chi connectivity index (χ4n) is 2.91. The van der Waals surface area contributed by atoms with Crippen LogP contribution in [0.5, 0.6) is 0 Å². The summed E-state index contributed by atoms with van der Waals surface area (Å²) in [4.78, 5) is 16.0. The lowest BCUT2D eigenvalue weighted by Gasteiger charge is -2.36. The Balaban J connectivity index is 1.62. The summed E-state index contributed by atoms with van der Waals surface area (Å²) in [7, 11) is 0. The molecule has 0 atom stereocenters. The Morgan fingerprint density at radius 3 is 2.27 bits per heavy atom. The lowest BCUT2D eigenvalue weighted by molar-refractivity contribution is 0.208. The summed E-state index contributed by atoms with van der Waals surface area (Å²) < 4.78 is 39.9. The summed E-state index contributed by atoms with van der Waals surface area (Å²) in [6.45, 7) is 6.28. The van der Waals surface area contributed by atoms with Crippen LogP contribution in [0.2, 0.25) is 0 Å². The van der Waals surface area contributed by atoms with Gasteiger partial charge in [-0.25, -0.2) is 18.0 Å². The summed E-state index contributed by atoms with van der Waals surface area (Å²) in [5.74, 6) is -4.28. The van der Waals surface area contributed by atoms with Crippen molar-refractivity contribution in [2.45, 2.75) is 13.8 Å². The third kappa shape index (κ3) is 3.61. The van der Waals surface area contributed by atoms with E-state index >= 15 is 0 Å². The number of carbonyl (C=O) groups is 1. The normalized spacial score (nSPS) is 14.5. The number of piperazine rings is 1. The largest absolute Gasteiger partial charge is 0.368 e. The third-order valence-corrected chi connectivity index (χ3v) is 4.70. The molecule has 3 rings (SSSR count). The van der Waals surface area contributed by atoms with Crippen molar-refractivity contribution in [3.8, 4) is 0 Å². The molecular weight excluding hydrogens is 343 g/mol. The van der Waals surface area contributed by atoms with E-state index in [9.17, 15) is 18.0 Å². The van der Waals surface area contributed by atoms with E-state index in [1.165, 1.54) is 16.0 Å². The minimum absolute atomic E-state index is 0.370. The molecule has 0 spiro atoms. The molecule has 0 aromatic heterocycles. The second-order valence-corrected chi connectivity index (χ2v) is 6.40. The van der Waals surface area contributed by atoms with Gasteiger partial charge in [-0.1, -0.05) is 6.07 Å². The van der Waals surface area contributed by atoms with Crippen LogP contribution in [0.4, 0.5) is 29.3 Å². The van der Waals surface area contributed by atoms with Gasteiger partial charge in [0, 0.05) is 31.9 Å². The fourth-order valence-corrected chi connectivity index (χ4v) is 2.91. The molecule has 2 amide bonds. The lowest BCUT2D eigenvalue weighted by Crippen LogP contribution is -2.50. The topological polar surface area (TPSA) is 35.6 Å². The van der Waals surface area contributed by atoms with Gasteiger partial charge in [0.05, 0.1) is 5.69 Å². The minimum Gasteiger partial charge on any atom is -0.368 e. The van der Waals surface area contributed by atoms with Gasteiger partial charge in [0.25, 0.3) is 0 Å². The first-order valence-corrected chi connectivity index (χ1v) is 8.38. The Bertz CT molecular complexity index is 833. The van der Waals surface area contributed by atoms with E-state index in [1.54, 1.807) is 0 Å². The molecule has 0 bridgehead atoms. The van der Waals surface area contributed by atoms with Crippen molar-refractivity contribution in [1.82, 2.24) is 4.90 Å². The van der Waals surface area contributed by atoms with Crippen LogP contribution in [-0.4, -0.2) is 37.1 Å². The molecule has 1 N–H and O–H groups in total. The third-order valence-electron chi connectivity index (χ3n) is 4.70. The van der Waals surface area contributed by atoms with E-state index in [0.29, 0.717) is 26.2 Å². The van der Waals surface area contributed by atoms with Crippen LogP contribution < -0.4 is 10.2 Å². The van der Waals surface area contributed by atoms with Crippen LogP contribution in [-0.2, 0) is 0 Å². The van der Waals surface area contributed by atoms with Gasteiger partial charge in [-0.15, -0.1) is 0 Å². The van der Waals surface area contributed by atoms with E-state index in [2.05, 4.69) is 42.3 Å². The molecule has 1 saturated heterocycles. The van der Waals surface area contributed by atoms with Gasteiger partial charge in [0.15, 0.2) is 17.5 Å². The van der Waals surface area contributed by atoms with Gasteiger partial charge in [-0.2, -0.15) is 0 Å². The smallest absolute Gasteiger partial charge is 0.322 e. The van der Waals surface area contributed by atoms with Crippen LogP contribution in [0.15, 0.2) is 30.3 Å². The predicted molar refractivity (Wildman–Crippen MR) is 95.0 cm³/mol. The van der Waals surface area contributed by atoms with Crippen molar-refractivity contribution < 1.29 is 18.0 Å². The Morgan fingerprint density at radius 1 is 0.923 bits per heavy atom. The number of nitrogens with one attached hydrogen (secondary N) is 1. The van der Waals surface area contributed by atoms with E-state index in [-0.39, 0.29) is 5.69 Å². The van der Waals surface area contributed by atoms with Crippen LogP contribution in [0.3, 0.4) is 0 Å². The molecule has 138 valence electrons. The van der Waals surface area contributed by atoms with Crippen molar-refractivity contribution >= 4 is 17.4 Å². The number of urea groups is 1. The molecule has 26 heavy (non-hydrogen) atoms. The molecule has 1 fully saturated rings. The van der Waals surface area contributed by atoms with Gasteiger partial charge in [0.2, 0.25) is 0 Å². The standard InChI is InChI=1S/C19H20F3N3O/c1-12-3-4-14(11-13(12)2)24-7-9-25(10-8-24)19(26)23-16-6-5-15(20)17(21)18(16)22/h3-6,11H,7-10H2,1-2H3,(H,23,26). The average Bonchev–Trinajstić information content (AvgIpc) is 2.64. The highest BCUT2D eigenvalue weighted by atomic mass is 19.2. The first kappa shape index (κ1) is 18.1. The number of benzene rings is 2. The maximum atomic E-state index is 13.7. The molecule has 1 aliphatic heterocycles. The second kappa shape index (κ2) is 7.27. The Hall–Kier alpha value is -2.70. The number of amides is 2. The molecule has 0 radical (unpaired) electrons. The van der Waals surface area contributed by atoms with Gasteiger partial charge >= 0.3 is 6.03 Å². The highest BCUT2D eigenvalue weighted by Crippen LogP contribution is 2.22. The minimum atomic E-state index is -1.60. The predicted octanol–water partition coefficient (Wildman–Crippen LogP) is 4.07. The van der Waals surface area contributed by atoms with Gasteiger partial charge < -0.3 is 15.1 Å². The Labute approximate surface area is 150 Å². The molecule has 2 aromatic carbocycles. The van der Waals surface area contributed by atoms with E-state index in [0.717, 1.165) is 17.8 Å². The summed E-state index contributed by atoms with van der Waals surface area (Å²) in [6, 6.07) is 7.49. The van der Waals surface area contributed by atoms with E-state index < -0.39 is 23.5 Å². The van der Waals surface area contributed by atoms with Gasteiger partial charge in [0.1, 0.15) is 0 Å². The average molecular weight is 363 g/mol. The molecular formula is C19H20F3N3O. The maximum Gasteiger partial charge on any atom is 0.322 e. The molecule has 1 heterocycles. The number of halogens is 3. The number of rotatable bonds is 2. The molecule has 0 saturated carbocycles. The van der Waals surface area contributed by atoms with Crippen LogP contribution in [0.25, 0.3) is 0 Å². The first-order valence-electron chi connectivity index (χ1n) is 8.38. The molecule has 0 aliphatic carbocycles. The van der Waals surface area contributed by atoms with Crippen molar-refractivity contribution in [3.63, 3.8) is 0 Å². The summed E-state index contributed by atoms with van der Waals surface area (Å²) in [5.41, 5.74) is 3.15. The van der Waals surface area contributed by atoms with Crippen LogP contribution >= 0.6 is 0 Å². The van der Waals surface area contributed by atoms with Crippen LogP contribution in [0.1, 0.15) is 11.1 Å². The molecule has 4 nitrogen and oxygen atoms in total.